The van der Waals surface area contributed by atoms with Gasteiger partial charge in [-0.15, -0.1) is 0 Å². The molecular weight excluding hydrogens is 377 g/mol. The molecule has 0 aliphatic carbocycles. The summed E-state index contributed by atoms with van der Waals surface area (Å²) in [5.41, 5.74) is 4.23. The molecule has 1 heterocycles. The average Bonchev–Trinajstić information content (AvgIpc) is 2.56. The topological polar surface area (TPSA) is 44.4 Å². The molecule has 0 saturated heterocycles. The van der Waals surface area contributed by atoms with Gasteiger partial charge in [0.05, 0.1) is 0 Å². The minimum Gasteiger partial charge on any atom is -0.307 e. The van der Waals surface area contributed by atoms with Crippen molar-refractivity contribution in [2.75, 3.05) is 25.2 Å². The number of hydrogen-bond donors (Lipinski definition) is 2. The third-order valence-corrected chi connectivity index (χ3v) is 5.20. The van der Waals surface area contributed by atoms with Crippen LogP contribution in [0.2, 0.25) is 10.0 Å². The Morgan fingerprint density at radius 1 is 1.24 bits per heavy atom. The molecule has 4 nitrogen and oxygen atoms in total. The van der Waals surface area contributed by atoms with E-state index < -0.39 is 0 Å². The highest BCUT2D eigenvalue weighted by Gasteiger charge is 2.27. The molecule has 1 aliphatic rings. The Balaban J connectivity index is 1.88. The van der Waals surface area contributed by atoms with Crippen LogP contribution in [0, 0.1) is 0 Å². The smallest absolute Gasteiger partial charge is 0.307 e. The van der Waals surface area contributed by atoms with Gasteiger partial charge in [0.25, 0.3) is 0 Å². The summed E-state index contributed by atoms with van der Waals surface area (Å²) in [6, 6.07) is 11.5. The van der Waals surface area contributed by atoms with Crippen LogP contribution in [0.4, 0.5) is 10.5 Å². The van der Waals surface area contributed by atoms with E-state index in [2.05, 4.69) is 22.0 Å². The molecule has 0 bridgehead atoms. The Labute approximate surface area is 162 Å². The lowest BCUT2D eigenvalue weighted by Crippen LogP contribution is -2.31. The molecule has 0 fully saturated rings. The normalized spacial score (nSPS) is 17.0. The fourth-order valence-corrected chi connectivity index (χ4v) is 3.98. The summed E-state index contributed by atoms with van der Waals surface area (Å²) >= 11 is 13.9. The van der Waals surface area contributed by atoms with Gasteiger partial charge >= 0.3 is 6.03 Å². The van der Waals surface area contributed by atoms with Gasteiger partial charge in [-0.25, -0.2) is 4.79 Å². The zero-order chi connectivity index (χ0) is 18.0. The predicted octanol–water partition coefficient (Wildman–Crippen LogP) is 4.97. The fourth-order valence-electron chi connectivity index (χ4n) is 3.18. The Kier molecular flexibility index (Phi) is 5.79. The van der Waals surface area contributed by atoms with Crippen LogP contribution in [0.5, 0.6) is 0 Å². The van der Waals surface area contributed by atoms with E-state index in [0.29, 0.717) is 10.0 Å². The Morgan fingerprint density at radius 2 is 1.96 bits per heavy atom. The summed E-state index contributed by atoms with van der Waals surface area (Å²) in [5, 5.41) is 4.17. The van der Waals surface area contributed by atoms with Crippen molar-refractivity contribution in [1.29, 1.82) is 0 Å². The van der Waals surface area contributed by atoms with Crippen molar-refractivity contribution in [2.45, 2.75) is 12.5 Å². The maximum absolute atomic E-state index is 11.6. The molecule has 1 atom stereocenters. The molecule has 2 N–H and O–H groups in total. The lowest BCUT2D eigenvalue weighted by Gasteiger charge is -2.33. The first kappa shape index (κ1) is 18.4. The van der Waals surface area contributed by atoms with Crippen molar-refractivity contribution in [3.8, 4) is 0 Å². The number of rotatable bonds is 3. The standard InChI is InChI=1S/C18H19Cl2N3OS/c1-23-9-15(14-7-12(19)8-17(20)16(14)10-23)11-3-5-13(6-4-11)21-18(24)22-25-2/h3-8,15H,9-10H2,1-2H3,(H2,21,22,24). The number of urea groups is 1. The monoisotopic (exact) mass is 395 g/mol. The second kappa shape index (κ2) is 7.87. The first-order valence-corrected chi connectivity index (χ1v) is 9.82. The maximum Gasteiger partial charge on any atom is 0.329 e. The van der Waals surface area contributed by atoms with Crippen molar-refractivity contribution < 1.29 is 4.79 Å². The largest absolute Gasteiger partial charge is 0.329 e. The van der Waals surface area contributed by atoms with E-state index in [1.807, 2.05) is 30.3 Å². The second-order valence-corrected chi connectivity index (χ2v) is 7.54. The number of amides is 2. The van der Waals surface area contributed by atoms with Gasteiger partial charge in [0, 0.05) is 41.0 Å². The summed E-state index contributed by atoms with van der Waals surface area (Å²) in [7, 11) is 2.09. The third kappa shape index (κ3) is 4.23. The minimum absolute atomic E-state index is 0.194. The quantitative estimate of drug-likeness (QED) is 0.720. The average molecular weight is 396 g/mol. The molecule has 2 aromatic rings. The van der Waals surface area contributed by atoms with Crippen LogP contribution >= 0.6 is 35.1 Å². The van der Waals surface area contributed by atoms with Gasteiger partial charge in [0.2, 0.25) is 0 Å². The Hall–Kier alpha value is -1.40. The van der Waals surface area contributed by atoms with Crippen LogP contribution in [-0.4, -0.2) is 30.8 Å². The summed E-state index contributed by atoms with van der Waals surface area (Å²) in [6.45, 7) is 1.71. The SMILES string of the molecule is CSNC(=O)Nc1ccc(C2CN(C)Cc3c(Cl)cc(Cl)cc32)cc1. The van der Waals surface area contributed by atoms with Crippen molar-refractivity contribution in [3.05, 3.63) is 63.1 Å². The molecule has 2 aromatic carbocycles. The second-order valence-electron chi connectivity index (χ2n) is 6.09. The van der Waals surface area contributed by atoms with Gasteiger partial charge in [-0.3, -0.25) is 4.72 Å². The zero-order valence-corrected chi connectivity index (χ0v) is 16.3. The third-order valence-electron chi connectivity index (χ3n) is 4.26. The van der Waals surface area contributed by atoms with Crippen molar-refractivity contribution in [3.63, 3.8) is 0 Å². The Morgan fingerprint density at radius 3 is 2.64 bits per heavy atom. The van der Waals surface area contributed by atoms with E-state index in [1.165, 1.54) is 23.1 Å². The molecular formula is C18H19Cl2N3OS. The maximum atomic E-state index is 11.6. The number of benzene rings is 2. The summed E-state index contributed by atoms with van der Waals surface area (Å²) in [6.07, 6.45) is 1.80. The van der Waals surface area contributed by atoms with E-state index in [0.717, 1.165) is 24.3 Å². The van der Waals surface area contributed by atoms with Gasteiger partial charge in [-0.05, 0) is 48.0 Å². The molecule has 0 spiro atoms. The molecule has 0 saturated carbocycles. The molecule has 0 aromatic heterocycles. The molecule has 1 aliphatic heterocycles. The van der Waals surface area contributed by atoms with Crippen molar-refractivity contribution >= 4 is 46.9 Å². The van der Waals surface area contributed by atoms with E-state index in [4.69, 9.17) is 23.2 Å². The van der Waals surface area contributed by atoms with Gasteiger partial charge < -0.3 is 10.2 Å². The lowest BCUT2D eigenvalue weighted by molar-refractivity contribution is 0.257. The van der Waals surface area contributed by atoms with E-state index in [9.17, 15) is 4.79 Å². The van der Waals surface area contributed by atoms with Crippen LogP contribution in [0.15, 0.2) is 36.4 Å². The predicted molar refractivity (Wildman–Crippen MR) is 107 cm³/mol. The van der Waals surface area contributed by atoms with Gasteiger partial charge in [-0.1, -0.05) is 47.3 Å². The Bertz CT molecular complexity index is 783. The summed E-state index contributed by atoms with van der Waals surface area (Å²) in [5.74, 6) is 0.194. The summed E-state index contributed by atoms with van der Waals surface area (Å²) < 4.78 is 2.63. The molecule has 3 rings (SSSR count). The van der Waals surface area contributed by atoms with Gasteiger partial charge in [-0.2, -0.15) is 0 Å². The number of hydrogen-bond acceptors (Lipinski definition) is 3. The summed E-state index contributed by atoms with van der Waals surface area (Å²) in [4.78, 5) is 13.9. The van der Waals surface area contributed by atoms with E-state index in [1.54, 1.807) is 12.3 Å². The van der Waals surface area contributed by atoms with E-state index in [-0.39, 0.29) is 11.9 Å². The van der Waals surface area contributed by atoms with Gasteiger partial charge in [0.1, 0.15) is 0 Å². The highest BCUT2D eigenvalue weighted by Crippen LogP contribution is 2.38. The number of carbonyl (C=O) groups is 1. The van der Waals surface area contributed by atoms with E-state index >= 15 is 0 Å². The van der Waals surface area contributed by atoms with Crippen LogP contribution in [0.3, 0.4) is 0 Å². The molecule has 2 amide bonds. The fraction of sp³-hybridized carbons (Fsp3) is 0.278. The molecule has 7 heteroatoms. The lowest BCUT2D eigenvalue weighted by atomic mass is 9.85. The van der Waals surface area contributed by atoms with Gasteiger partial charge in [0.15, 0.2) is 0 Å². The molecule has 132 valence electrons. The van der Waals surface area contributed by atoms with Crippen molar-refractivity contribution in [1.82, 2.24) is 9.62 Å². The number of nitrogens with zero attached hydrogens (tertiary/aromatic N) is 1. The van der Waals surface area contributed by atoms with Crippen LogP contribution < -0.4 is 10.0 Å². The number of nitrogens with one attached hydrogen (secondary N) is 2. The zero-order valence-electron chi connectivity index (χ0n) is 14.0. The molecule has 1 unspecified atom stereocenters. The number of halogens is 2. The minimum atomic E-state index is -0.235. The number of likely N-dealkylation sites (N-methyl/N-ethyl adjacent to an activating group) is 1. The number of fused-ring (bicyclic) bond motifs is 1. The molecule has 0 radical (unpaired) electrons. The molecule has 25 heavy (non-hydrogen) atoms. The first-order chi connectivity index (χ1) is 12.0. The van der Waals surface area contributed by atoms with Crippen LogP contribution in [0.1, 0.15) is 22.6 Å². The van der Waals surface area contributed by atoms with Crippen molar-refractivity contribution in [2.24, 2.45) is 0 Å². The highest BCUT2D eigenvalue weighted by atomic mass is 35.5. The number of carbonyl (C=O) groups excluding carboxylic acids is 1. The van der Waals surface area contributed by atoms with Crippen LogP contribution in [0.25, 0.3) is 0 Å². The first-order valence-electron chi connectivity index (χ1n) is 7.84. The number of anilines is 1. The highest BCUT2D eigenvalue weighted by molar-refractivity contribution is 7.97. The van der Waals surface area contributed by atoms with Crippen LogP contribution in [-0.2, 0) is 6.54 Å².